The zero-order valence-electron chi connectivity index (χ0n) is 11.6. The van der Waals surface area contributed by atoms with Crippen LogP contribution in [0.5, 0.6) is 5.75 Å². The highest BCUT2D eigenvalue weighted by Gasteiger charge is 2.06. The first-order valence-corrected chi connectivity index (χ1v) is 7.34. The van der Waals surface area contributed by atoms with Gasteiger partial charge in [-0.15, -0.1) is 0 Å². The van der Waals surface area contributed by atoms with Gasteiger partial charge in [0.15, 0.2) is 16.7 Å². The molecule has 0 atom stereocenters. The van der Waals surface area contributed by atoms with Crippen LogP contribution >= 0.6 is 23.8 Å². The quantitative estimate of drug-likeness (QED) is 0.824. The lowest BCUT2D eigenvalue weighted by atomic mass is 10.2. The fourth-order valence-corrected chi connectivity index (χ4v) is 2.15. The summed E-state index contributed by atoms with van der Waals surface area (Å²) in [5.74, 6) is 1.23. The first kappa shape index (κ1) is 15.5. The number of halogens is 1. The molecule has 2 rings (SSSR count). The van der Waals surface area contributed by atoms with Gasteiger partial charge in [-0.25, -0.2) is 4.98 Å². The Morgan fingerprint density at radius 3 is 2.95 bits per heavy atom. The van der Waals surface area contributed by atoms with E-state index in [9.17, 15) is 0 Å². The Morgan fingerprint density at radius 1 is 1.33 bits per heavy atom. The minimum absolute atomic E-state index is 0.412. The van der Waals surface area contributed by atoms with Gasteiger partial charge in [0, 0.05) is 17.8 Å². The number of benzene rings is 1. The number of ether oxygens (including phenoxy) is 1. The Labute approximate surface area is 134 Å². The predicted molar refractivity (Wildman–Crippen MR) is 89.9 cm³/mol. The molecule has 4 nitrogen and oxygen atoms in total. The monoisotopic (exact) mass is 321 g/mol. The predicted octanol–water partition coefficient (Wildman–Crippen LogP) is 3.62. The number of rotatable bonds is 5. The van der Waals surface area contributed by atoms with E-state index in [2.05, 4.69) is 15.6 Å². The minimum atomic E-state index is 0.412. The standard InChI is InChI=1S/C15H16ClN3OS/c1-2-17-15(21)19-14-13(7-4-8-18-14)20-10-11-5-3-6-12(16)9-11/h3-9H,2,10H2,1H3,(H2,17,18,19,21). The smallest absolute Gasteiger partial charge is 0.174 e. The second kappa shape index (κ2) is 7.81. The molecule has 0 unspecified atom stereocenters. The average molecular weight is 322 g/mol. The van der Waals surface area contributed by atoms with Crippen LogP contribution in [-0.4, -0.2) is 16.6 Å². The molecule has 6 heteroatoms. The third kappa shape index (κ3) is 4.88. The molecule has 0 amide bonds. The molecule has 1 aromatic carbocycles. The van der Waals surface area contributed by atoms with Crippen molar-refractivity contribution in [3.05, 3.63) is 53.2 Å². The van der Waals surface area contributed by atoms with Gasteiger partial charge in [0.05, 0.1) is 0 Å². The van der Waals surface area contributed by atoms with Crippen LogP contribution in [0, 0.1) is 0 Å². The highest BCUT2D eigenvalue weighted by atomic mass is 35.5. The summed E-state index contributed by atoms with van der Waals surface area (Å²) < 4.78 is 5.79. The summed E-state index contributed by atoms with van der Waals surface area (Å²) in [6, 6.07) is 11.2. The summed E-state index contributed by atoms with van der Waals surface area (Å²) in [6.07, 6.45) is 1.68. The third-order valence-electron chi connectivity index (χ3n) is 2.62. The van der Waals surface area contributed by atoms with E-state index in [1.54, 1.807) is 6.20 Å². The zero-order chi connectivity index (χ0) is 15.1. The Kier molecular flexibility index (Phi) is 5.78. The molecule has 0 fully saturated rings. The fraction of sp³-hybridized carbons (Fsp3) is 0.200. The highest BCUT2D eigenvalue weighted by molar-refractivity contribution is 7.80. The number of nitrogens with zero attached hydrogens (tertiary/aromatic N) is 1. The van der Waals surface area contributed by atoms with Crippen molar-refractivity contribution >= 4 is 34.7 Å². The van der Waals surface area contributed by atoms with E-state index in [0.29, 0.717) is 28.3 Å². The van der Waals surface area contributed by atoms with Crippen LogP contribution in [0.15, 0.2) is 42.6 Å². The van der Waals surface area contributed by atoms with Gasteiger partial charge < -0.3 is 15.4 Å². The summed E-state index contributed by atoms with van der Waals surface area (Å²) >= 11 is 11.1. The van der Waals surface area contributed by atoms with E-state index >= 15 is 0 Å². The summed E-state index contributed by atoms with van der Waals surface area (Å²) in [5, 5.41) is 7.23. The molecule has 0 radical (unpaired) electrons. The molecular formula is C15H16ClN3OS. The van der Waals surface area contributed by atoms with Crippen molar-refractivity contribution in [2.45, 2.75) is 13.5 Å². The molecule has 0 spiro atoms. The van der Waals surface area contributed by atoms with E-state index in [-0.39, 0.29) is 0 Å². The van der Waals surface area contributed by atoms with Gasteiger partial charge in [0.1, 0.15) is 6.61 Å². The second-order valence-electron chi connectivity index (χ2n) is 4.25. The largest absolute Gasteiger partial charge is 0.485 e. The van der Waals surface area contributed by atoms with Gasteiger partial charge in [-0.1, -0.05) is 23.7 Å². The molecular weight excluding hydrogens is 306 g/mol. The van der Waals surface area contributed by atoms with E-state index in [4.69, 9.17) is 28.6 Å². The van der Waals surface area contributed by atoms with Crippen LogP contribution in [0.2, 0.25) is 5.02 Å². The van der Waals surface area contributed by atoms with Crippen LogP contribution in [0.1, 0.15) is 12.5 Å². The summed E-state index contributed by atoms with van der Waals surface area (Å²) in [6.45, 7) is 3.13. The molecule has 0 saturated carbocycles. The summed E-state index contributed by atoms with van der Waals surface area (Å²) in [4.78, 5) is 4.24. The molecule has 21 heavy (non-hydrogen) atoms. The molecule has 0 bridgehead atoms. The lowest BCUT2D eigenvalue weighted by Crippen LogP contribution is -2.28. The SMILES string of the molecule is CCNC(=S)Nc1ncccc1OCc1cccc(Cl)c1. The number of pyridine rings is 1. The van der Waals surface area contributed by atoms with Crippen LogP contribution in [-0.2, 0) is 6.61 Å². The number of aromatic nitrogens is 1. The van der Waals surface area contributed by atoms with Crippen molar-refractivity contribution < 1.29 is 4.74 Å². The number of thiocarbonyl (C=S) groups is 1. The summed E-state index contributed by atoms with van der Waals surface area (Å²) in [5.41, 5.74) is 0.992. The van der Waals surface area contributed by atoms with E-state index in [0.717, 1.165) is 12.1 Å². The molecule has 110 valence electrons. The summed E-state index contributed by atoms with van der Waals surface area (Å²) in [7, 11) is 0. The fourth-order valence-electron chi connectivity index (χ4n) is 1.70. The lowest BCUT2D eigenvalue weighted by molar-refractivity contribution is 0.307. The van der Waals surface area contributed by atoms with Crippen molar-refractivity contribution in [3.8, 4) is 5.75 Å². The zero-order valence-corrected chi connectivity index (χ0v) is 13.2. The maximum Gasteiger partial charge on any atom is 0.174 e. The second-order valence-corrected chi connectivity index (χ2v) is 5.10. The van der Waals surface area contributed by atoms with Gasteiger partial charge >= 0.3 is 0 Å². The number of nitrogens with one attached hydrogen (secondary N) is 2. The molecule has 0 saturated heterocycles. The molecule has 0 aliphatic heterocycles. The topological polar surface area (TPSA) is 46.2 Å². The maximum absolute atomic E-state index is 5.96. The highest BCUT2D eigenvalue weighted by Crippen LogP contribution is 2.22. The number of anilines is 1. The van der Waals surface area contributed by atoms with Crippen LogP contribution in [0.4, 0.5) is 5.82 Å². The number of hydrogen-bond donors (Lipinski definition) is 2. The van der Waals surface area contributed by atoms with Gasteiger partial charge in [-0.3, -0.25) is 0 Å². The van der Waals surface area contributed by atoms with E-state index < -0.39 is 0 Å². The number of hydrogen-bond acceptors (Lipinski definition) is 3. The third-order valence-corrected chi connectivity index (χ3v) is 3.10. The molecule has 2 aromatic rings. The van der Waals surface area contributed by atoms with Gasteiger partial charge in [0.2, 0.25) is 0 Å². The first-order valence-electron chi connectivity index (χ1n) is 6.56. The van der Waals surface area contributed by atoms with E-state index in [1.807, 2.05) is 43.3 Å². The Balaban J connectivity index is 2.04. The average Bonchev–Trinajstić information content (AvgIpc) is 2.47. The van der Waals surface area contributed by atoms with Crippen LogP contribution in [0.25, 0.3) is 0 Å². The Bertz CT molecular complexity index is 621. The van der Waals surface area contributed by atoms with Crippen molar-refractivity contribution in [1.29, 1.82) is 0 Å². The van der Waals surface area contributed by atoms with Gasteiger partial charge in [0.25, 0.3) is 0 Å². The van der Waals surface area contributed by atoms with Crippen molar-refractivity contribution in [1.82, 2.24) is 10.3 Å². The molecule has 0 aliphatic carbocycles. The van der Waals surface area contributed by atoms with Crippen molar-refractivity contribution in [2.75, 3.05) is 11.9 Å². The van der Waals surface area contributed by atoms with Crippen LogP contribution < -0.4 is 15.4 Å². The first-order chi connectivity index (χ1) is 10.2. The lowest BCUT2D eigenvalue weighted by Gasteiger charge is -2.13. The van der Waals surface area contributed by atoms with Crippen LogP contribution in [0.3, 0.4) is 0 Å². The Hall–Kier alpha value is -1.85. The van der Waals surface area contributed by atoms with Gasteiger partial charge in [-0.05, 0) is 49.0 Å². The Morgan fingerprint density at radius 2 is 2.19 bits per heavy atom. The molecule has 2 N–H and O–H groups in total. The maximum atomic E-state index is 5.96. The van der Waals surface area contributed by atoms with Crippen molar-refractivity contribution in [3.63, 3.8) is 0 Å². The van der Waals surface area contributed by atoms with E-state index in [1.165, 1.54) is 0 Å². The van der Waals surface area contributed by atoms with Gasteiger partial charge in [-0.2, -0.15) is 0 Å². The molecule has 0 aliphatic rings. The normalized spacial score (nSPS) is 10.0. The minimum Gasteiger partial charge on any atom is -0.485 e. The molecule has 1 aromatic heterocycles. The molecule has 1 heterocycles. The van der Waals surface area contributed by atoms with Crippen molar-refractivity contribution in [2.24, 2.45) is 0 Å².